The van der Waals surface area contributed by atoms with E-state index >= 15 is 0 Å². The number of carbonyl (C=O) groups is 2. The topological polar surface area (TPSA) is 65.5 Å². The van der Waals surface area contributed by atoms with Gasteiger partial charge in [0.1, 0.15) is 11.9 Å². The largest absolute Gasteiger partial charge is 0.458 e. The molecule has 1 aromatic rings. The van der Waals surface area contributed by atoms with Crippen molar-refractivity contribution in [3.8, 4) is 0 Å². The Bertz CT molecular complexity index is 1080. The van der Waals surface area contributed by atoms with Crippen LogP contribution in [0.3, 0.4) is 0 Å². The molecule has 0 aromatic carbocycles. The van der Waals surface area contributed by atoms with E-state index in [0.717, 1.165) is 44.9 Å². The van der Waals surface area contributed by atoms with Crippen LogP contribution in [0.25, 0.3) is 0 Å². The van der Waals surface area contributed by atoms with Gasteiger partial charge in [-0.15, -0.1) is 0 Å². The summed E-state index contributed by atoms with van der Waals surface area (Å²) in [6.07, 6.45) is 12.0. The summed E-state index contributed by atoms with van der Waals surface area (Å²) in [6, 6.07) is 3.60. The smallest absolute Gasteiger partial charge is 0.339 e. The monoisotopic (exact) mass is 553 g/mol. The number of ether oxygens (including phenoxy) is 1. The molecule has 3 unspecified atom stereocenters. The number of aromatic nitrogens is 1. The van der Waals surface area contributed by atoms with E-state index in [-0.39, 0.29) is 40.0 Å². The van der Waals surface area contributed by atoms with Crippen molar-refractivity contribution >= 4 is 20.1 Å². The van der Waals surface area contributed by atoms with Crippen LogP contribution < -0.4 is 0 Å². The highest BCUT2D eigenvalue weighted by molar-refractivity contribution is 6.74. The van der Waals surface area contributed by atoms with Gasteiger partial charge in [0.2, 0.25) is 0 Å². The summed E-state index contributed by atoms with van der Waals surface area (Å²) in [5.41, 5.74) is 0.763. The molecule has 0 amide bonds. The van der Waals surface area contributed by atoms with E-state index in [1.165, 1.54) is 6.42 Å². The average molecular weight is 554 g/mol. The van der Waals surface area contributed by atoms with Crippen LogP contribution >= 0.6 is 0 Å². The van der Waals surface area contributed by atoms with E-state index < -0.39 is 8.32 Å². The lowest BCUT2D eigenvalue weighted by Crippen LogP contribution is -2.60. The molecule has 6 heteroatoms. The van der Waals surface area contributed by atoms with Gasteiger partial charge in [-0.25, -0.2) is 4.79 Å². The van der Waals surface area contributed by atoms with Crippen LogP contribution in [0.4, 0.5) is 0 Å². The third-order valence-corrected chi connectivity index (χ3v) is 17.1. The summed E-state index contributed by atoms with van der Waals surface area (Å²) in [7, 11) is -1.87. The van der Waals surface area contributed by atoms with Crippen LogP contribution in [-0.4, -0.2) is 37.3 Å². The van der Waals surface area contributed by atoms with Crippen molar-refractivity contribution in [1.29, 1.82) is 0 Å². The summed E-state index contributed by atoms with van der Waals surface area (Å²) in [5, 5.41) is 0.191. The predicted molar refractivity (Wildman–Crippen MR) is 157 cm³/mol. The first-order valence-electron chi connectivity index (χ1n) is 15.5. The Labute approximate surface area is 237 Å². The van der Waals surface area contributed by atoms with Crippen molar-refractivity contribution in [2.45, 2.75) is 123 Å². The van der Waals surface area contributed by atoms with Gasteiger partial charge in [0.25, 0.3) is 0 Å². The zero-order valence-corrected chi connectivity index (χ0v) is 26.6. The van der Waals surface area contributed by atoms with E-state index in [4.69, 9.17) is 9.16 Å². The maximum absolute atomic E-state index is 13.4. The molecule has 0 bridgehead atoms. The Hall–Kier alpha value is -1.53. The number of rotatable bonds is 5. The molecule has 0 radical (unpaired) electrons. The van der Waals surface area contributed by atoms with Gasteiger partial charge in [-0.05, 0) is 117 Å². The lowest BCUT2D eigenvalue weighted by Gasteiger charge is -2.63. The first-order chi connectivity index (χ1) is 18.2. The second-order valence-electron chi connectivity index (χ2n) is 15.5. The molecule has 4 saturated carbocycles. The van der Waals surface area contributed by atoms with Crippen LogP contribution in [0.2, 0.25) is 18.1 Å². The fourth-order valence-electron chi connectivity index (χ4n) is 9.34. The van der Waals surface area contributed by atoms with Gasteiger partial charge < -0.3 is 9.16 Å². The Kier molecular flexibility index (Phi) is 7.49. The maximum atomic E-state index is 13.4. The Morgan fingerprint density at radius 3 is 2.33 bits per heavy atom. The number of pyridine rings is 1. The van der Waals surface area contributed by atoms with Crippen molar-refractivity contribution in [2.24, 2.45) is 40.4 Å². The van der Waals surface area contributed by atoms with Gasteiger partial charge in [0.05, 0.1) is 5.56 Å². The zero-order chi connectivity index (χ0) is 28.4. The van der Waals surface area contributed by atoms with Crippen molar-refractivity contribution < 1.29 is 18.8 Å². The Morgan fingerprint density at radius 2 is 1.69 bits per heavy atom. The number of hydrogen-bond donors (Lipinski definition) is 0. The van der Waals surface area contributed by atoms with E-state index in [1.807, 2.05) is 0 Å². The molecule has 0 aliphatic heterocycles. The lowest BCUT2D eigenvalue weighted by molar-refractivity contribution is -0.174. The normalized spacial score (nSPS) is 40.3. The number of fused-ring (bicyclic) bond motifs is 5. The molecule has 9 atom stereocenters. The lowest BCUT2D eigenvalue weighted by atomic mass is 9.44. The highest BCUT2D eigenvalue weighted by Crippen LogP contribution is 2.68. The predicted octanol–water partition coefficient (Wildman–Crippen LogP) is 7.86. The number of nitrogens with zero attached hydrogens (tertiary/aromatic N) is 1. The summed E-state index contributed by atoms with van der Waals surface area (Å²) >= 11 is 0. The SMILES string of the molecule is CC(=O)[C@H]1CCC2C3C(CC[C@@]21C)[C@@]1(C)CC[C@@H](O[Si](C)(C)C(C)(C)C)C[C@H]1C[C@H]3OC(=O)c1cccnc1. The molecule has 4 aliphatic carbocycles. The number of carbonyl (C=O) groups excluding carboxylic acids is 2. The second kappa shape index (κ2) is 10.1. The average Bonchev–Trinajstić information content (AvgIpc) is 3.22. The van der Waals surface area contributed by atoms with Gasteiger partial charge in [-0.3, -0.25) is 9.78 Å². The van der Waals surface area contributed by atoms with Gasteiger partial charge >= 0.3 is 5.97 Å². The number of ketones is 1. The quantitative estimate of drug-likeness (QED) is 0.274. The first-order valence-corrected chi connectivity index (χ1v) is 18.4. The third-order valence-electron chi connectivity index (χ3n) is 12.5. The molecule has 4 fully saturated rings. The molecule has 5 nitrogen and oxygen atoms in total. The zero-order valence-electron chi connectivity index (χ0n) is 25.6. The number of esters is 1. The molecule has 0 N–H and O–H groups in total. The molecule has 4 aliphatic rings. The van der Waals surface area contributed by atoms with Gasteiger partial charge in [0, 0.05) is 30.3 Å². The fraction of sp³-hybridized carbons (Fsp3) is 0.788. The van der Waals surface area contributed by atoms with Crippen LogP contribution in [0.1, 0.15) is 103 Å². The van der Waals surface area contributed by atoms with Crippen molar-refractivity contribution in [3.63, 3.8) is 0 Å². The van der Waals surface area contributed by atoms with Crippen molar-refractivity contribution in [2.75, 3.05) is 0 Å². The molecular weight excluding hydrogens is 502 g/mol. The third kappa shape index (κ3) is 4.96. The summed E-state index contributed by atoms with van der Waals surface area (Å²) in [6.45, 7) is 18.4. The molecule has 1 aromatic heterocycles. The summed E-state index contributed by atoms with van der Waals surface area (Å²) in [4.78, 5) is 30.3. The molecule has 39 heavy (non-hydrogen) atoms. The molecule has 1 heterocycles. The van der Waals surface area contributed by atoms with Crippen LogP contribution in [0, 0.1) is 40.4 Å². The second-order valence-corrected chi connectivity index (χ2v) is 20.2. The maximum Gasteiger partial charge on any atom is 0.339 e. The molecular formula is C33H51NO4Si. The van der Waals surface area contributed by atoms with E-state index in [2.05, 4.69) is 52.7 Å². The first kappa shape index (κ1) is 29.0. The van der Waals surface area contributed by atoms with E-state index in [9.17, 15) is 9.59 Å². The number of Topliss-reactive ketones (excluding diaryl/α,β-unsaturated/α-hetero) is 1. The molecule has 0 saturated heterocycles. The van der Waals surface area contributed by atoms with E-state index in [0.29, 0.717) is 35.0 Å². The highest BCUT2D eigenvalue weighted by atomic mass is 28.4. The Morgan fingerprint density at radius 1 is 1.00 bits per heavy atom. The van der Waals surface area contributed by atoms with Crippen molar-refractivity contribution in [3.05, 3.63) is 30.1 Å². The van der Waals surface area contributed by atoms with E-state index in [1.54, 1.807) is 31.5 Å². The van der Waals surface area contributed by atoms with Crippen molar-refractivity contribution in [1.82, 2.24) is 4.98 Å². The minimum atomic E-state index is -1.87. The fourth-order valence-corrected chi connectivity index (χ4v) is 10.7. The van der Waals surface area contributed by atoms with Gasteiger partial charge in [-0.1, -0.05) is 34.6 Å². The molecule has 5 rings (SSSR count). The van der Waals surface area contributed by atoms with Gasteiger partial charge in [-0.2, -0.15) is 0 Å². The minimum absolute atomic E-state index is 0.0117. The van der Waals surface area contributed by atoms with Crippen LogP contribution in [0.5, 0.6) is 0 Å². The van der Waals surface area contributed by atoms with Crippen LogP contribution in [-0.2, 0) is 14.0 Å². The summed E-state index contributed by atoms with van der Waals surface area (Å²) in [5.74, 6) is 1.95. The summed E-state index contributed by atoms with van der Waals surface area (Å²) < 4.78 is 13.5. The Balaban J connectivity index is 1.45. The minimum Gasteiger partial charge on any atom is -0.458 e. The molecule has 216 valence electrons. The standard InChI is InChI=1S/C33H51NO4Si/c1-21(35)25-11-12-26-29-27(14-16-33(25,26)6)32(5)15-13-24(38-39(7,8)31(2,3)4)18-23(32)19-28(29)37-30(36)22-10-9-17-34-20-22/h9-10,17,20,23-29H,11-16,18-19H2,1-8H3/t23-,24+,25+,26?,27?,28+,29?,32-,33+/m0/s1. The molecule has 0 spiro atoms. The number of hydrogen-bond acceptors (Lipinski definition) is 5. The highest BCUT2D eigenvalue weighted by Gasteiger charge is 2.64. The van der Waals surface area contributed by atoms with Gasteiger partial charge in [0.15, 0.2) is 8.32 Å². The van der Waals surface area contributed by atoms with Crippen LogP contribution in [0.15, 0.2) is 24.5 Å².